The molecule has 0 saturated carbocycles. The molecule has 0 atom stereocenters. The Kier molecular flexibility index (Phi) is 7.17. The van der Waals surface area contributed by atoms with E-state index in [2.05, 4.69) is 4.90 Å². The lowest BCUT2D eigenvalue weighted by molar-refractivity contribution is 0.306. The summed E-state index contributed by atoms with van der Waals surface area (Å²) in [6.07, 6.45) is 0. The van der Waals surface area contributed by atoms with Crippen LogP contribution in [-0.2, 0) is 6.61 Å². The summed E-state index contributed by atoms with van der Waals surface area (Å²) in [4.78, 5) is 2.07. The van der Waals surface area contributed by atoms with Crippen molar-refractivity contribution >= 4 is 40.5 Å². The van der Waals surface area contributed by atoms with E-state index in [0.29, 0.717) is 36.5 Å². The molecule has 0 saturated heterocycles. The van der Waals surface area contributed by atoms with Crippen LogP contribution in [0.1, 0.15) is 5.56 Å². The SMILES string of the molecule is ClCCN(CCCl)c1ccc(OCc2ccccc2)cc1Cl. The molecule has 118 valence electrons. The molecular formula is C17H18Cl3NO. The van der Waals surface area contributed by atoms with E-state index in [0.717, 1.165) is 17.0 Å². The predicted molar refractivity (Wildman–Crippen MR) is 95.9 cm³/mol. The van der Waals surface area contributed by atoms with Crippen molar-refractivity contribution in [3.8, 4) is 5.75 Å². The van der Waals surface area contributed by atoms with Crippen LogP contribution in [0.25, 0.3) is 0 Å². The summed E-state index contributed by atoms with van der Waals surface area (Å²) in [6.45, 7) is 1.93. The second-order valence-corrected chi connectivity index (χ2v) is 5.92. The number of ether oxygens (including phenoxy) is 1. The zero-order valence-corrected chi connectivity index (χ0v) is 14.4. The van der Waals surface area contributed by atoms with Gasteiger partial charge in [0.25, 0.3) is 0 Å². The molecule has 0 N–H and O–H groups in total. The first-order chi connectivity index (χ1) is 10.7. The van der Waals surface area contributed by atoms with Crippen molar-refractivity contribution < 1.29 is 4.74 Å². The molecule has 0 aliphatic carbocycles. The van der Waals surface area contributed by atoms with E-state index < -0.39 is 0 Å². The molecule has 0 aliphatic rings. The molecule has 0 aromatic heterocycles. The first-order valence-electron chi connectivity index (χ1n) is 7.07. The summed E-state index contributed by atoms with van der Waals surface area (Å²) in [5.74, 6) is 1.80. The molecule has 2 nitrogen and oxygen atoms in total. The van der Waals surface area contributed by atoms with Crippen molar-refractivity contribution in [1.29, 1.82) is 0 Å². The molecule has 0 fully saturated rings. The average Bonchev–Trinajstić information content (AvgIpc) is 2.54. The smallest absolute Gasteiger partial charge is 0.121 e. The molecule has 2 rings (SSSR count). The Morgan fingerprint density at radius 2 is 1.59 bits per heavy atom. The molecule has 0 amide bonds. The molecule has 0 aliphatic heterocycles. The van der Waals surface area contributed by atoms with Crippen LogP contribution in [0.2, 0.25) is 5.02 Å². The molecular weight excluding hydrogens is 341 g/mol. The van der Waals surface area contributed by atoms with Gasteiger partial charge in [-0.3, -0.25) is 0 Å². The third-order valence-corrected chi connectivity index (χ3v) is 3.86. The van der Waals surface area contributed by atoms with Gasteiger partial charge < -0.3 is 9.64 Å². The van der Waals surface area contributed by atoms with Gasteiger partial charge >= 0.3 is 0 Å². The number of halogens is 3. The molecule has 0 bridgehead atoms. The molecule has 0 heterocycles. The van der Waals surface area contributed by atoms with Gasteiger partial charge in [-0.1, -0.05) is 41.9 Å². The summed E-state index contributed by atoms with van der Waals surface area (Å²) >= 11 is 18.0. The lowest BCUT2D eigenvalue weighted by atomic mass is 10.2. The summed E-state index contributed by atoms with van der Waals surface area (Å²) < 4.78 is 5.77. The van der Waals surface area contributed by atoms with E-state index in [4.69, 9.17) is 39.5 Å². The summed E-state index contributed by atoms with van der Waals surface area (Å²) in [5.41, 5.74) is 2.05. The maximum Gasteiger partial charge on any atom is 0.121 e. The van der Waals surface area contributed by atoms with Crippen LogP contribution >= 0.6 is 34.8 Å². The Bertz CT molecular complexity index is 571. The molecule has 0 unspecified atom stereocenters. The number of anilines is 1. The fourth-order valence-electron chi connectivity index (χ4n) is 2.13. The lowest BCUT2D eigenvalue weighted by Crippen LogP contribution is -2.27. The number of hydrogen-bond donors (Lipinski definition) is 0. The van der Waals surface area contributed by atoms with Crippen molar-refractivity contribution in [2.45, 2.75) is 6.61 Å². The summed E-state index contributed by atoms with van der Waals surface area (Å²) in [5, 5.41) is 0.640. The molecule has 0 spiro atoms. The Labute approximate surface area is 146 Å². The van der Waals surface area contributed by atoms with Gasteiger partial charge in [-0.05, 0) is 17.7 Å². The van der Waals surface area contributed by atoms with Crippen molar-refractivity contribution in [3.05, 3.63) is 59.1 Å². The van der Waals surface area contributed by atoms with Gasteiger partial charge in [0.15, 0.2) is 0 Å². The molecule has 22 heavy (non-hydrogen) atoms. The quantitative estimate of drug-likeness (QED) is 0.601. The molecule has 2 aromatic carbocycles. The lowest BCUT2D eigenvalue weighted by Gasteiger charge is -2.24. The van der Waals surface area contributed by atoms with Crippen LogP contribution in [-0.4, -0.2) is 24.8 Å². The van der Waals surface area contributed by atoms with Gasteiger partial charge in [-0.2, -0.15) is 0 Å². The fraction of sp³-hybridized carbons (Fsp3) is 0.294. The van der Waals surface area contributed by atoms with Crippen molar-refractivity contribution in [1.82, 2.24) is 0 Å². The van der Waals surface area contributed by atoms with Crippen molar-refractivity contribution in [2.75, 3.05) is 29.7 Å². The summed E-state index contributed by atoms with van der Waals surface area (Å²) in [7, 11) is 0. The maximum absolute atomic E-state index is 6.37. The first kappa shape index (κ1) is 17.3. The predicted octanol–water partition coefficient (Wildman–Crippen LogP) is 5.20. The highest BCUT2D eigenvalue weighted by Crippen LogP contribution is 2.30. The molecule has 0 radical (unpaired) electrons. The largest absolute Gasteiger partial charge is 0.489 e. The second kappa shape index (κ2) is 9.14. The van der Waals surface area contributed by atoms with Gasteiger partial charge in [-0.15, -0.1) is 23.2 Å². The van der Waals surface area contributed by atoms with Gasteiger partial charge in [0.05, 0.1) is 10.7 Å². The van der Waals surface area contributed by atoms with Crippen molar-refractivity contribution in [2.24, 2.45) is 0 Å². The number of nitrogens with zero attached hydrogens (tertiary/aromatic N) is 1. The maximum atomic E-state index is 6.37. The highest BCUT2D eigenvalue weighted by Gasteiger charge is 2.10. The van der Waals surface area contributed by atoms with Gasteiger partial charge in [0.2, 0.25) is 0 Å². The number of alkyl halides is 2. The standard InChI is InChI=1S/C17H18Cl3NO/c18-8-10-21(11-9-19)17-7-6-15(12-16(17)20)22-13-14-4-2-1-3-5-14/h1-7,12H,8-11,13H2. The van der Waals surface area contributed by atoms with E-state index in [-0.39, 0.29) is 0 Å². The fourth-order valence-corrected chi connectivity index (χ4v) is 2.83. The second-order valence-electron chi connectivity index (χ2n) is 4.75. The Morgan fingerprint density at radius 3 is 2.18 bits per heavy atom. The van der Waals surface area contributed by atoms with E-state index in [1.54, 1.807) is 0 Å². The van der Waals surface area contributed by atoms with Crippen LogP contribution in [0.4, 0.5) is 5.69 Å². The van der Waals surface area contributed by atoms with Crippen LogP contribution in [0.15, 0.2) is 48.5 Å². The average molecular weight is 359 g/mol. The molecule has 5 heteroatoms. The minimum absolute atomic E-state index is 0.517. The normalized spacial score (nSPS) is 10.5. The van der Waals surface area contributed by atoms with E-state index in [9.17, 15) is 0 Å². The molecule has 2 aromatic rings. The van der Waals surface area contributed by atoms with E-state index >= 15 is 0 Å². The zero-order valence-electron chi connectivity index (χ0n) is 12.1. The number of benzene rings is 2. The third kappa shape index (κ3) is 4.98. The van der Waals surface area contributed by atoms with Gasteiger partial charge in [0, 0.05) is 30.9 Å². The number of hydrogen-bond acceptors (Lipinski definition) is 2. The van der Waals surface area contributed by atoms with Gasteiger partial charge in [0.1, 0.15) is 12.4 Å². The minimum atomic E-state index is 0.517. The van der Waals surface area contributed by atoms with Crippen LogP contribution in [0.5, 0.6) is 5.75 Å². The first-order valence-corrected chi connectivity index (χ1v) is 8.52. The summed E-state index contributed by atoms with van der Waals surface area (Å²) in [6, 6.07) is 15.7. The number of rotatable bonds is 8. The monoisotopic (exact) mass is 357 g/mol. The zero-order chi connectivity index (χ0) is 15.8. The topological polar surface area (TPSA) is 12.5 Å². The third-order valence-electron chi connectivity index (χ3n) is 3.22. The van der Waals surface area contributed by atoms with Gasteiger partial charge in [-0.25, -0.2) is 0 Å². The highest BCUT2D eigenvalue weighted by molar-refractivity contribution is 6.33. The highest BCUT2D eigenvalue weighted by atomic mass is 35.5. The van der Waals surface area contributed by atoms with Crippen LogP contribution in [0, 0.1) is 0 Å². The Hall–Kier alpha value is -1.09. The van der Waals surface area contributed by atoms with E-state index in [1.807, 2.05) is 48.5 Å². The Balaban J connectivity index is 2.05. The van der Waals surface area contributed by atoms with Crippen LogP contribution < -0.4 is 9.64 Å². The Morgan fingerprint density at radius 1 is 0.909 bits per heavy atom. The minimum Gasteiger partial charge on any atom is -0.489 e. The van der Waals surface area contributed by atoms with Crippen molar-refractivity contribution in [3.63, 3.8) is 0 Å². The van der Waals surface area contributed by atoms with Crippen LogP contribution in [0.3, 0.4) is 0 Å². The van der Waals surface area contributed by atoms with E-state index in [1.165, 1.54) is 0 Å².